The Bertz CT molecular complexity index is 235. The second kappa shape index (κ2) is 8.09. The molecular weight excluding hydrogens is 282 g/mol. The highest BCUT2D eigenvalue weighted by Crippen LogP contribution is 2.30. The number of hydrogen-bond donors (Lipinski definition) is 1. The number of esters is 1. The second-order valence-electron chi connectivity index (χ2n) is 5.12. The highest BCUT2D eigenvalue weighted by Gasteiger charge is 2.19. The molecule has 1 fully saturated rings. The van der Waals surface area contributed by atoms with Crippen molar-refractivity contribution in [1.29, 1.82) is 0 Å². The molecule has 0 aromatic carbocycles. The van der Waals surface area contributed by atoms with Crippen LogP contribution in [0, 0.1) is 11.8 Å². The van der Waals surface area contributed by atoms with Crippen LogP contribution in [-0.4, -0.2) is 31.0 Å². The van der Waals surface area contributed by atoms with E-state index in [0.29, 0.717) is 6.54 Å². The van der Waals surface area contributed by atoms with Gasteiger partial charge in [0.05, 0.1) is 7.11 Å². The summed E-state index contributed by atoms with van der Waals surface area (Å²) in [7, 11) is 1.42. The molecule has 1 aliphatic carbocycles. The van der Waals surface area contributed by atoms with Gasteiger partial charge in [-0.2, -0.15) is 0 Å². The molecule has 1 rings (SSSR count). The predicted molar refractivity (Wildman–Crippen MR) is 73.3 cm³/mol. The van der Waals surface area contributed by atoms with Crippen LogP contribution in [0.2, 0.25) is 0 Å². The van der Waals surface area contributed by atoms with Gasteiger partial charge >= 0.3 is 5.97 Å². The lowest BCUT2D eigenvalue weighted by molar-refractivity contribution is -0.139. The van der Waals surface area contributed by atoms with Crippen molar-refractivity contribution < 1.29 is 9.53 Å². The Kier molecular flexibility index (Phi) is 7.12. The van der Waals surface area contributed by atoms with Crippen molar-refractivity contribution in [3.8, 4) is 0 Å². The molecule has 0 heterocycles. The molecule has 0 aliphatic heterocycles. The van der Waals surface area contributed by atoms with E-state index in [-0.39, 0.29) is 10.8 Å². The maximum absolute atomic E-state index is 11.1. The van der Waals surface area contributed by atoms with E-state index in [1.54, 1.807) is 0 Å². The van der Waals surface area contributed by atoms with Crippen LogP contribution in [0.3, 0.4) is 0 Å². The van der Waals surface area contributed by atoms with Gasteiger partial charge in [-0.15, -0.1) is 0 Å². The number of methoxy groups -OCH3 is 1. The van der Waals surface area contributed by atoms with Crippen molar-refractivity contribution in [3.63, 3.8) is 0 Å². The Hall–Kier alpha value is -0.0900. The minimum atomic E-state index is -0.224. The van der Waals surface area contributed by atoms with Crippen LogP contribution >= 0.6 is 15.9 Å². The average Bonchev–Trinajstić information content (AvgIpc) is 2.33. The maximum atomic E-state index is 11.1. The maximum Gasteiger partial charge on any atom is 0.320 e. The summed E-state index contributed by atoms with van der Waals surface area (Å²) < 4.78 is 4.65. The summed E-state index contributed by atoms with van der Waals surface area (Å²) in [6.45, 7) is 4.00. The predicted octanol–water partition coefficient (Wildman–Crippen LogP) is 2.73. The fraction of sp³-hybridized carbons (Fsp3) is 0.923. The number of nitrogens with one attached hydrogen (secondary N) is 1. The van der Waals surface area contributed by atoms with Gasteiger partial charge in [0.1, 0.15) is 4.83 Å². The summed E-state index contributed by atoms with van der Waals surface area (Å²) in [5.74, 6) is 1.56. The number of halogens is 1. The van der Waals surface area contributed by atoms with E-state index < -0.39 is 0 Å². The minimum absolute atomic E-state index is 0.205. The molecule has 0 amide bonds. The largest absolute Gasteiger partial charge is 0.468 e. The zero-order valence-corrected chi connectivity index (χ0v) is 12.5. The molecule has 0 aromatic rings. The smallest absolute Gasteiger partial charge is 0.320 e. The molecule has 4 heteroatoms. The lowest BCUT2D eigenvalue weighted by Gasteiger charge is -2.26. The molecule has 100 valence electrons. The van der Waals surface area contributed by atoms with Gasteiger partial charge in [-0.3, -0.25) is 4.79 Å². The Balaban J connectivity index is 2.05. The molecule has 0 bridgehead atoms. The third-order valence-corrected chi connectivity index (χ3v) is 4.25. The molecule has 1 aliphatic rings. The van der Waals surface area contributed by atoms with E-state index in [0.717, 1.165) is 18.4 Å². The molecule has 3 unspecified atom stereocenters. The van der Waals surface area contributed by atoms with E-state index in [4.69, 9.17) is 0 Å². The molecule has 1 saturated carbocycles. The molecule has 0 spiro atoms. The van der Waals surface area contributed by atoms with Crippen LogP contribution in [-0.2, 0) is 9.53 Å². The van der Waals surface area contributed by atoms with E-state index in [9.17, 15) is 4.79 Å². The van der Waals surface area contributed by atoms with Gasteiger partial charge in [0, 0.05) is 6.54 Å². The minimum Gasteiger partial charge on any atom is -0.468 e. The second-order valence-corrected chi connectivity index (χ2v) is 6.23. The number of carbonyl (C=O) groups excluding carboxylic acids is 1. The topological polar surface area (TPSA) is 38.3 Å². The SMILES string of the molecule is COC(=O)C(Br)CNCCC1CCCC(C)C1. The fourth-order valence-electron chi connectivity index (χ4n) is 2.57. The van der Waals surface area contributed by atoms with Gasteiger partial charge in [0.25, 0.3) is 0 Å². The number of rotatable bonds is 6. The molecule has 0 aromatic heterocycles. The van der Waals surface area contributed by atoms with Crippen molar-refractivity contribution in [3.05, 3.63) is 0 Å². The summed E-state index contributed by atoms with van der Waals surface area (Å²) in [5.41, 5.74) is 0. The summed E-state index contributed by atoms with van der Waals surface area (Å²) in [4.78, 5) is 10.9. The monoisotopic (exact) mass is 305 g/mol. The summed E-state index contributed by atoms with van der Waals surface area (Å²) in [6, 6.07) is 0. The Morgan fingerprint density at radius 1 is 1.53 bits per heavy atom. The van der Waals surface area contributed by atoms with E-state index >= 15 is 0 Å². The van der Waals surface area contributed by atoms with Crippen molar-refractivity contribution in [2.75, 3.05) is 20.2 Å². The first-order chi connectivity index (χ1) is 8.13. The summed E-state index contributed by atoms with van der Waals surface area (Å²) in [5, 5.41) is 3.31. The van der Waals surface area contributed by atoms with Crippen molar-refractivity contribution in [2.24, 2.45) is 11.8 Å². The van der Waals surface area contributed by atoms with Crippen LogP contribution in [0.5, 0.6) is 0 Å². The fourth-order valence-corrected chi connectivity index (χ4v) is 2.98. The van der Waals surface area contributed by atoms with Crippen molar-refractivity contribution in [1.82, 2.24) is 5.32 Å². The van der Waals surface area contributed by atoms with Crippen molar-refractivity contribution in [2.45, 2.75) is 43.9 Å². The first-order valence-corrected chi connectivity index (χ1v) is 7.47. The summed E-state index contributed by atoms with van der Waals surface area (Å²) in [6.07, 6.45) is 6.76. The van der Waals surface area contributed by atoms with Crippen LogP contribution < -0.4 is 5.32 Å². The first-order valence-electron chi connectivity index (χ1n) is 6.56. The quantitative estimate of drug-likeness (QED) is 0.466. The Morgan fingerprint density at radius 3 is 2.94 bits per heavy atom. The number of ether oxygens (including phenoxy) is 1. The van der Waals surface area contributed by atoms with Gasteiger partial charge < -0.3 is 10.1 Å². The van der Waals surface area contributed by atoms with Gasteiger partial charge in [0.2, 0.25) is 0 Å². The number of hydrogen-bond acceptors (Lipinski definition) is 3. The average molecular weight is 306 g/mol. The highest BCUT2D eigenvalue weighted by atomic mass is 79.9. The number of carbonyl (C=O) groups is 1. The highest BCUT2D eigenvalue weighted by molar-refractivity contribution is 9.10. The van der Waals surface area contributed by atoms with Crippen LogP contribution in [0.4, 0.5) is 0 Å². The van der Waals surface area contributed by atoms with Crippen LogP contribution in [0.25, 0.3) is 0 Å². The van der Waals surface area contributed by atoms with E-state index in [1.165, 1.54) is 39.2 Å². The van der Waals surface area contributed by atoms with Crippen LogP contribution in [0.1, 0.15) is 39.0 Å². The molecule has 3 nitrogen and oxygen atoms in total. The summed E-state index contributed by atoms with van der Waals surface area (Å²) >= 11 is 3.30. The third-order valence-electron chi connectivity index (χ3n) is 3.55. The lowest BCUT2D eigenvalue weighted by atomic mass is 9.81. The van der Waals surface area contributed by atoms with Gasteiger partial charge in [-0.25, -0.2) is 0 Å². The number of alkyl halides is 1. The van der Waals surface area contributed by atoms with Gasteiger partial charge in [-0.05, 0) is 31.2 Å². The van der Waals surface area contributed by atoms with Crippen molar-refractivity contribution >= 4 is 21.9 Å². The van der Waals surface area contributed by atoms with Crippen LogP contribution in [0.15, 0.2) is 0 Å². The lowest BCUT2D eigenvalue weighted by Crippen LogP contribution is -2.31. The molecule has 0 saturated heterocycles. The van der Waals surface area contributed by atoms with Gasteiger partial charge in [-0.1, -0.05) is 42.1 Å². The van der Waals surface area contributed by atoms with Gasteiger partial charge in [0.15, 0.2) is 0 Å². The molecule has 0 radical (unpaired) electrons. The Labute approximate surface area is 113 Å². The third kappa shape index (κ3) is 5.87. The first kappa shape index (κ1) is 15.0. The molecule has 17 heavy (non-hydrogen) atoms. The molecule has 1 N–H and O–H groups in total. The molecular formula is C13H24BrNO2. The normalized spacial score (nSPS) is 26.5. The van der Waals surface area contributed by atoms with E-state index in [2.05, 4.69) is 32.9 Å². The zero-order valence-electron chi connectivity index (χ0n) is 10.9. The molecule has 3 atom stereocenters. The zero-order chi connectivity index (χ0) is 12.7. The van der Waals surface area contributed by atoms with E-state index in [1.807, 2.05) is 0 Å². The Morgan fingerprint density at radius 2 is 2.29 bits per heavy atom. The standard InChI is InChI=1S/C13H24BrNO2/c1-10-4-3-5-11(8-10)6-7-15-9-12(14)13(16)17-2/h10-12,15H,3-9H2,1-2H3.